The predicted molar refractivity (Wildman–Crippen MR) is 91.7 cm³/mol. The van der Waals surface area contributed by atoms with Crippen molar-refractivity contribution < 1.29 is 22.7 Å². The van der Waals surface area contributed by atoms with Gasteiger partial charge in [-0.25, -0.2) is 4.98 Å². The third kappa shape index (κ3) is 4.25. The Kier molecular flexibility index (Phi) is 5.33. The van der Waals surface area contributed by atoms with Crippen molar-refractivity contribution in [3.63, 3.8) is 0 Å². The molecule has 2 aromatic rings. The zero-order chi connectivity index (χ0) is 18.7. The maximum atomic E-state index is 12.9. The van der Waals surface area contributed by atoms with Gasteiger partial charge in [-0.3, -0.25) is 4.79 Å². The maximum absolute atomic E-state index is 12.9. The predicted octanol–water partition coefficient (Wildman–Crippen LogP) is 3.84. The smallest absolute Gasteiger partial charge is 0.378 e. The lowest BCUT2D eigenvalue weighted by Crippen LogP contribution is -2.36. The number of ether oxygens (including phenoxy) is 1. The summed E-state index contributed by atoms with van der Waals surface area (Å²) in [6.45, 7) is 2.46. The topological polar surface area (TPSA) is 54.5 Å². The second-order valence-corrected chi connectivity index (χ2v) is 6.06. The van der Waals surface area contributed by atoms with Gasteiger partial charge in [0.25, 0.3) is 5.91 Å². The van der Waals surface area contributed by atoms with Gasteiger partial charge in [-0.1, -0.05) is 11.6 Å². The van der Waals surface area contributed by atoms with E-state index < -0.39 is 22.7 Å². The normalized spacial score (nSPS) is 15.0. The number of benzene rings is 1. The van der Waals surface area contributed by atoms with Crippen LogP contribution in [0.3, 0.4) is 0 Å². The number of carbonyl (C=O) groups excluding carboxylic acids is 1. The standard InChI is InChI=1S/C17H15ClF3N3O2/c18-14-2-1-12(10-13(14)17(19,20)21)23-16(25)11-3-4-22-15(9-11)24-5-7-26-8-6-24/h1-4,9-10H,5-8H2,(H,23,25). The van der Waals surface area contributed by atoms with Crippen LogP contribution in [-0.2, 0) is 10.9 Å². The molecule has 1 N–H and O–H groups in total. The first-order chi connectivity index (χ1) is 12.3. The Morgan fingerprint density at radius 2 is 1.92 bits per heavy atom. The number of amides is 1. The Bertz CT molecular complexity index is 808. The number of rotatable bonds is 3. The fraction of sp³-hybridized carbons (Fsp3) is 0.294. The third-order valence-corrected chi connectivity index (χ3v) is 4.20. The zero-order valence-corrected chi connectivity index (χ0v) is 14.3. The first-order valence-corrected chi connectivity index (χ1v) is 8.19. The van der Waals surface area contributed by atoms with E-state index in [4.69, 9.17) is 16.3 Å². The molecule has 9 heteroatoms. The van der Waals surface area contributed by atoms with Crippen LogP contribution in [0.2, 0.25) is 5.02 Å². The third-order valence-electron chi connectivity index (χ3n) is 3.87. The Hall–Kier alpha value is -2.32. The number of nitrogens with zero attached hydrogens (tertiary/aromatic N) is 2. The summed E-state index contributed by atoms with van der Waals surface area (Å²) in [6, 6.07) is 6.33. The van der Waals surface area contributed by atoms with E-state index in [2.05, 4.69) is 10.3 Å². The van der Waals surface area contributed by atoms with Crippen molar-refractivity contribution >= 4 is 29.0 Å². The Balaban J connectivity index is 1.78. The van der Waals surface area contributed by atoms with Crippen LogP contribution in [0.1, 0.15) is 15.9 Å². The number of nitrogens with one attached hydrogen (secondary N) is 1. The van der Waals surface area contributed by atoms with E-state index >= 15 is 0 Å². The second-order valence-electron chi connectivity index (χ2n) is 5.65. The summed E-state index contributed by atoms with van der Waals surface area (Å²) in [5.41, 5.74) is -0.692. The molecule has 0 saturated carbocycles. The molecule has 138 valence electrons. The monoisotopic (exact) mass is 385 g/mol. The first-order valence-electron chi connectivity index (χ1n) is 7.81. The first kappa shape index (κ1) is 18.5. The van der Waals surface area contributed by atoms with Crippen LogP contribution in [0.5, 0.6) is 0 Å². The van der Waals surface area contributed by atoms with Crippen LogP contribution in [-0.4, -0.2) is 37.2 Å². The minimum atomic E-state index is -4.60. The van der Waals surface area contributed by atoms with Gasteiger partial charge < -0.3 is 15.0 Å². The number of hydrogen-bond donors (Lipinski definition) is 1. The number of hydrogen-bond acceptors (Lipinski definition) is 4. The molecule has 3 rings (SSSR count). The van der Waals surface area contributed by atoms with E-state index in [0.29, 0.717) is 37.7 Å². The molecule has 26 heavy (non-hydrogen) atoms. The maximum Gasteiger partial charge on any atom is 0.417 e. The molecule has 5 nitrogen and oxygen atoms in total. The van der Waals surface area contributed by atoms with Gasteiger partial charge in [0.2, 0.25) is 0 Å². The van der Waals surface area contributed by atoms with Gasteiger partial charge in [0, 0.05) is 30.5 Å². The zero-order valence-electron chi connectivity index (χ0n) is 13.5. The van der Waals surface area contributed by atoms with Crippen molar-refractivity contribution in [2.45, 2.75) is 6.18 Å². The molecular formula is C17H15ClF3N3O2. The molecule has 0 aliphatic carbocycles. The summed E-state index contributed by atoms with van der Waals surface area (Å²) < 4.78 is 44.1. The van der Waals surface area contributed by atoms with E-state index in [1.165, 1.54) is 18.3 Å². The van der Waals surface area contributed by atoms with Crippen LogP contribution in [0.4, 0.5) is 24.7 Å². The number of morpholine rings is 1. The lowest BCUT2D eigenvalue weighted by molar-refractivity contribution is -0.137. The van der Waals surface area contributed by atoms with E-state index in [1.807, 2.05) is 4.90 Å². The van der Waals surface area contributed by atoms with E-state index in [-0.39, 0.29) is 5.69 Å². The lowest BCUT2D eigenvalue weighted by Gasteiger charge is -2.27. The van der Waals surface area contributed by atoms with Crippen LogP contribution in [0.25, 0.3) is 0 Å². The quantitative estimate of drug-likeness (QED) is 0.872. The van der Waals surface area contributed by atoms with Crippen molar-refractivity contribution in [2.75, 3.05) is 36.5 Å². The fourth-order valence-corrected chi connectivity index (χ4v) is 2.77. The van der Waals surface area contributed by atoms with Crippen LogP contribution in [0, 0.1) is 0 Å². The highest BCUT2D eigenvalue weighted by Crippen LogP contribution is 2.36. The molecule has 0 atom stereocenters. The number of pyridine rings is 1. The van der Waals surface area contributed by atoms with Gasteiger partial charge in [0.1, 0.15) is 5.82 Å². The number of anilines is 2. The summed E-state index contributed by atoms with van der Waals surface area (Å²) in [5, 5.41) is 2.04. The summed E-state index contributed by atoms with van der Waals surface area (Å²) in [7, 11) is 0. The number of alkyl halides is 3. The molecule has 1 saturated heterocycles. The highest BCUT2D eigenvalue weighted by Gasteiger charge is 2.33. The molecule has 1 aromatic heterocycles. The minimum Gasteiger partial charge on any atom is -0.378 e. The van der Waals surface area contributed by atoms with Gasteiger partial charge in [-0.05, 0) is 30.3 Å². The summed E-state index contributed by atoms with van der Waals surface area (Å²) in [4.78, 5) is 18.6. The highest BCUT2D eigenvalue weighted by atomic mass is 35.5. The van der Waals surface area contributed by atoms with Crippen LogP contribution >= 0.6 is 11.6 Å². The Morgan fingerprint density at radius 1 is 1.19 bits per heavy atom. The average molecular weight is 386 g/mol. The van der Waals surface area contributed by atoms with Crippen LogP contribution < -0.4 is 10.2 Å². The molecule has 0 bridgehead atoms. The molecule has 1 aliphatic heterocycles. The number of aromatic nitrogens is 1. The van der Waals surface area contributed by atoms with Crippen LogP contribution in [0.15, 0.2) is 36.5 Å². The van der Waals surface area contributed by atoms with Gasteiger partial charge in [-0.15, -0.1) is 0 Å². The SMILES string of the molecule is O=C(Nc1ccc(Cl)c(C(F)(F)F)c1)c1ccnc(N2CCOCC2)c1. The van der Waals surface area contributed by atoms with Gasteiger partial charge in [-0.2, -0.15) is 13.2 Å². The number of carbonyl (C=O) groups is 1. The number of halogens is 4. The minimum absolute atomic E-state index is 0.0106. The molecule has 2 heterocycles. The van der Waals surface area contributed by atoms with Gasteiger partial charge in [0.15, 0.2) is 0 Å². The lowest BCUT2D eigenvalue weighted by atomic mass is 10.1. The Morgan fingerprint density at radius 3 is 2.62 bits per heavy atom. The van der Waals surface area contributed by atoms with Gasteiger partial charge >= 0.3 is 6.18 Å². The summed E-state index contributed by atoms with van der Waals surface area (Å²) in [6.07, 6.45) is -3.11. The summed E-state index contributed by atoms with van der Waals surface area (Å²) in [5.74, 6) is 0.0883. The van der Waals surface area contributed by atoms with Crippen molar-refractivity contribution in [1.82, 2.24) is 4.98 Å². The molecule has 1 aromatic carbocycles. The largest absolute Gasteiger partial charge is 0.417 e. The van der Waals surface area contributed by atoms with Gasteiger partial charge in [0.05, 0.1) is 23.8 Å². The molecule has 0 spiro atoms. The van der Waals surface area contributed by atoms with Crippen molar-refractivity contribution in [2.24, 2.45) is 0 Å². The summed E-state index contributed by atoms with van der Waals surface area (Å²) >= 11 is 5.58. The molecular weight excluding hydrogens is 371 g/mol. The average Bonchev–Trinajstić information content (AvgIpc) is 2.63. The highest BCUT2D eigenvalue weighted by molar-refractivity contribution is 6.31. The van der Waals surface area contributed by atoms with Crippen molar-refractivity contribution in [1.29, 1.82) is 0 Å². The molecule has 0 radical (unpaired) electrons. The Labute approximate surface area is 152 Å². The molecule has 0 unspecified atom stereocenters. The molecule has 1 fully saturated rings. The molecule has 1 aliphatic rings. The van der Waals surface area contributed by atoms with E-state index in [1.54, 1.807) is 6.07 Å². The van der Waals surface area contributed by atoms with Crippen molar-refractivity contribution in [3.8, 4) is 0 Å². The van der Waals surface area contributed by atoms with Crippen molar-refractivity contribution in [3.05, 3.63) is 52.7 Å². The van der Waals surface area contributed by atoms with E-state index in [0.717, 1.165) is 12.1 Å². The second kappa shape index (κ2) is 7.51. The molecule has 1 amide bonds. The fourth-order valence-electron chi connectivity index (χ4n) is 2.55. The van der Waals surface area contributed by atoms with E-state index in [9.17, 15) is 18.0 Å².